The van der Waals surface area contributed by atoms with Crippen LogP contribution in [0.2, 0.25) is 5.02 Å². The number of nitrogens with zero attached hydrogens (tertiary/aromatic N) is 3. The van der Waals surface area contributed by atoms with E-state index in [4.69, 9.17) is 21.1 Å². The molecule has 0 saturated heterocycles. The van der Waals surface area contributed by atoms with E-state index in [2.05, 4.69) is 15.5 Å². The molecule has 1 unspecified atom stereocenters. The van der Waals surface area contributed by atoms with Crippen molar-refractivity contribution in [3.8, 4) is 16.9 Å². The van der Waals surface area contributed by atoms with E-state index in [0.29, 0.717) is 37.9 Å². The second-order valence-corrected chi connectivity index (χ2v) is 10.5. The summed E-state index contributed by atoms with van der Waals surface area (Å²) in [5, 5.41) is 14.4. The zero-order chi connectivity index (χ0) is 27.4. The van der Waals surface area contributed by atoms with Crippen molar-refractivity contribution < 1.29 is 23.5 Å². The Labute approximate surface area is 232 Å². The lowest BCUT2D eigenvalue weighted by Crippen LogP contribution is -2.16. The highest BCUT2D eigenvalue weighted by Gasteiger charge is 2.23. The maximum atomic E-state index is 13.4. The number of methoxy groups -OCH3 is 1. The number of aryl methyl sites for hydroxylation is 1. The molecule has 0 spiro atoms. The number of halogens is 2. The van der Waals surface area contributed by atoms with Crippen molar-refractivity contribution in [1.29, 1.82) is 0 Å². The number of rotatable bonds is 9. The number of amides is 1. The average molecular weight is 575 g/mol. The van der Waals surface area contributed by atoms with Gasteiger partial charge in [-0.2, -0.15) is 0 Å². The van der Waals surface area contributed by atoms with Gasteiger partial charge in [0.2, 0.25) is 5.91 Å². The van der Waals surface area contributed by atoms with Gasteiger partial charge in [-0.1, -0.05) is 35.5 Å². The van der Waals surface area contributed by atoms with Gasteiger partial charge < -0.3 is 19.4 Å². The number of benzene rings is 2. The minimum atomic E-state index is -0.601. The SMILES string of the molecule is COC(=O)c1c(-c2ccc(F)cc2)csc1NC(=O)CSc1nnc(C(C)Oc2ccc(Cl)cc2C)n1C. The van der Waals surface area contributed by atoms with Crippen LogP contribution in [0.4, 0.5) is 9.39 Å². The molecule has 0 aliphatic rings. The summed E-state index contributed by atoms with van der Waals surface area (Å²) in [5.41, 5.74) is 2.30. The van der Waals surface area contributed by atoms with Crippen molar-refractivity contribution in [3.05, 3.63) is 75.6 Å². The van der Waals surface area contributed by atoms with Crippen LogP contribution in [0.1, 0.15) is 34.8 Å². The molecule has 2 aromatic heterocycles. The van der Waals surface area contributed by atoms with Crippen LogP contribution in [0, 0.1) is 12.7 Å². The molecule has 4 rings (SSSR count). The van der Waals surface area contributed by atoms with E-state index >= 15 is 0 Å². The first-order valence-electron chi connectivity index (χ1n) is 11.4. The molecular formula is C26H24ClFN4O4S2. The molecule has 8 nitrogen and oxygen atoms in total. The minimum absolute atomic E-state index is 0.0297. The number of carbonyl (C=O) groups excluding carboxylic acids is 2. The van der Waals surface area contributed by atoms with Gasteiger partial charge >= 0.3 is 5.97 Å². The molecule has 4 aromatic rings. The Morgan fingerprint density at radius 1 is 1.21 bits per heavy atom. The number of esters is 1. The van der Waals surface area contributed by atoms with Crippen molar-refractivity contribution in [2.24, 2.45) is 7.05 Å². The number of carbonyl (C=O) groups is 2. The van der Waals surface area contributed by atoms with Gasteiger partial charge in [0.05, 0.1) is 12.9 Å². The van der Waals surface area contributed by atoms with Crippen molar-refractivity contribution >= 4 is 51.6 Å². The summed E-state index contributed by atoms with van der Waals surface area (Å²) < 4.78 is 26.1. The van der Waals surface area contributed by atoms with Crippen molar-refractivity contribution in [2.75, 3.05) is 18.2 Å². The first-order chi connectivity index (χ1) is 18.2. The first kappa shape index (κ1) is 27.6. The van der Waals surface area contributed by atoms with Crippen LogP contribution in [0.15, 0.2) is 53.0 Å². The van der Waals surface area contributed by atoms with Crippen LogP contribution >= 0.6 is 34.7 Å². The summed E-state index contributed by atoms with van der Waals surface area (Å²) >= 11 is 8.41. The number of hydrogen-bond acceptors (Lipinski definition) is 8. The fourth-order valence-electron chi connectivity index (χ4n) is 3.68. The Kier molecular flexibility index (Phi) is 8.70. The van der Waals surface area contributed by atoms with E-state index in [0.717, 1.165) is 5.56 Å². The Morgan fingerprint density at radius 2 is 1.95 bits per heavy atom. The largest absolute Gasteiger partial charge is 0.482 e. The number of thioether (sulfide) groups is 1. The molecule has 0 bridgehead atoms. The molecule has 0 aliphatic heterocycles. The number of ether oxygens (including phenoxy) is 2. The molecule has 1 atom stereocenters. The lowest BCUT2D eigenvalue weighted by atomic mass is 10.0. The molecule has 12 heteroatoms. The normalized spacial score (nSPS) is 11.7. The maximum Gasteiger partial charge on any atom is 0.341 e. The number of anilines is 1. The maximum absolute atomic E-state index is 13.4. The van der Waals surface area contributed by atoms with E-state index in [9.17, 15) is 14.0 Å². The Bertz CT molecular complexity index is 1470. The lowest BCUT2D eigenvalue weighted by molar-refractivity contribution is -0.113. The van der Waals surface area contributed by atoms with Crippen LogP contribution in [0.5, 0.6) is 5.75 Å². The van der Waals surface area contributed by atoms with E-state index in [1.54, 1.807) is 41.3 Å². The van der Waals surface area contributed by atoms with E-state index < -0.39 is 12.1 Å². The summed E-state index contributed by atoms with van der Waals surface area (Å²) in [5.74, 6) is -0.00730. The van der Waals surface area contributed by atoms with Crippen LogP contribution in [-0.2, 0) is 16.6 Å². The summed E-state index contributed by atoms with van der Waals surface area (Å²) in [4.78, 5) is 25.3. The van der Waals surface area contributed by atoms with Gasteiger partial charge in [-0.25, -0.2) is 9.18 Å². The summed E-state index contributed by atoms with van der Waals surface area (Å²) in [7, 11) is 3.06. The zero-order valence-corrected chi connectivity index (χ0v) is 23.3. The van der Waals surface area contributed by atoms with Gasteiger partial charge in [0.25, 0.3) is 0 Å². The van der Waals surface area contributed by atoms with E-state index in [-0.39, 0.29) is 23.0 Å². The number of nitrogens with one attached hydrogen (secondary N) is 1. The van der Waals surface area contributed by atoms with Crippen molar-refractivity contribution in [3.63, 3.8) is 0 Å². The van der Waals surface area contributed by atoms with Crippen LogP contribution in [-0.4, -0.2) is 39.5 Å². The van der Waals surface area contributed by atoms with Crippen molar-refractivity contribution in [1.82, 2.24) is 14.8 Å². The second-order valence-electron chi connectivity index (χ2n) is 8.26. The highest BCUT2D eigenvalue weighted by molar-refractivity contribution is 7.99. The zero-order valence-electron chi connectivity index (χ0n) is 21.0. The lowest BCUT2D eigenvalue weighted by Gasteiger charge is -2.16. The highest BCUT2D eigenvalue weighted by Crippen LogP contribution is 2.36. The van der Waals surface area contributed by atoms with Gasteiger partial charge in [0.15, 0.2) is 17.1 Å². The highest BCUT2D eigenvalue weighted by atomic mass is 35.5. The number of aromatic nitrogens is 3. The Hall–Kier alpha value is -3.41. The molecular weight excluding hydrogens is 551 g/mol. The van der Waals surface area contributed by atoms with E-state index in [1.165, 1.54) is 42.3 Å². The Morgan fingerprint density at radius 3 is 2.63 bits per heavy atom. The predicted octanol–water partition coefficient (Wildman–Crippen LogP) is 6.30. The van der Waals surface area contributed by atoms with Crippen LogP contribution in [0.25, 0.3) is 11.1 Å². The molecule has 0 aliphatic carbocycles. The number of hydrogen-bond donors (Lipinski definition) is 1. The third kappa shape index (κ3) is 6.17. The van der Waals surface area contributed by atoms with Gasteiger partial charge in [-0.15, -0.1) is 21.5 Å². The standard InChI is InChI=1S/C26H24ClFN4O4S2/c1-14-11-17(27)7-10-20(14)36-15(2)23-30-31-26(32(23)3)38-13-21(33)29-24-22(25(34)35-4)19(12-37-24)16-5-8-18(28)9-6-16/h5-12,15H,13H2,1-4H3,(H,29,33). The van der Waals surface area contributed by atoms with Crippen molar-refractivity contribution in [2.45, 2.75) is 25.1 Å². The molecule has 2 heterocycles. The summed E-state index contributed by atoms with van der Waals surface area (Å²) in [6, 6.07) is 11.1. The van der Waals surface area contributed by atoms with Gasteiger partial charge in [0.1, 0.15) is 22.1 Å². The third-order valence-corrected chi connectivity index (χ3v) is 7.74. The van der Waals surface area contributed by atoms with Gasteiger partial charge in [-0.05, 0) is 55.3 Å². The fourth-order valence-corrected chi connectivity index (χ4v) is 5.60. The molecule has 0 fully saturated rings. The average Bonchev–Trinajstić information content (AvgIpc) is 3.47. The van der Waals surface area contributed by atoms with E-state index in [1.807, 2.05) is 19.9 Å². The molecule has 0 saturated carbocycles. The predicted molar refractivity (Wildman–Crippen MR) is 147 cm³/mol. The number of thiophene rings is 1. The minimum Gasteiger partial charge on any atom is -0.482 e. The topological polar surface area (TPSA) is 95.3 Å². The Balaban J connectivity index is 1.43. The molecule has 198 valence electrons. The molecule has 1 N–H and O–H groups in total. The molecule has 1 amide bonds. The monoisotopic (exact) mass is 574 g/mol. The third-order valence-electron chi connectivity index (χ3n) is 5.59. The quantitative estimate of drug-likeness (QED) is 0.185. The van der Waals surface area contributed by atoms with Gasteiger partial charge in [0, 0.05) is 23.0 Å². The molecule has 2 aromatic carbocycles. The first-order valence-corrected chi connectivity index (χ1v) is 13.6. The fraction of sp³-hybridized carbons (Fsp3) is 0.231. The molecule has 38 heavy (non-hydrogen) atoms. The van der Waals surface area contributed by atoms with Crippen LogP contribution < -0.4 is 10.1 Å². The second kappa shape index (κ2) is 12.0. The summed E-state index contributed by atoms with van der Waals surface area (Å²) in [6.45, 7) is 3.77. The van der Waals surface area contributed by atoms with Crippen LogP contribution in [0.3, 0.4) is 0 Å². The molecule has 0 radical (unpaired) electrons. The van der Waals surface area contributed by atoms with Gasteiger partial charge in [-0.3, -0.25) is 4.79 Å². The summed E-state index contributed by atoms with van der Waals surface area (Å²) in [6.07, 6.45) is -0.394. The smallest absolute Gasteiger partial charge is 0.341 e.